The third-order valence-corrected chi connectivity index (χ3v) is 6.75. The van der Waals surface area contributed by atoms with Crippen molar-refractivity contribution in [3.63, 3.8) is 0 Å². The van der Waals surface area contributed by atoms with E-state index in [4.69, 9.17) is 14.2 Å². The largest absolute Gasteiger partial charge is 0.463 e. The highest BCUT2D eigenvalue weighted by Gasteiger charge is 2.53. The van der Waals surface area contributed by atoms with Gasteiger partial charge in [-0.2, -0.15) is 0 Å². The molecule has 0 radical (unpaired) electrons. The van der Waals surface area contributed by atoms with Crippen LogP contribution in [0.4, 0.5) is 5.69 Å². The topological polar surface area (TPSA) is 73.9 Å². The molecule has 0 saturated heterocycles. The van der Waals surface area contributed by atoms with Gasteiger partial charge in [-0.05, 0) is 41.3 Å². The second-order valence-electron chi connectivity index (χ2n) is 8.84. The predicted octanol–water partition coefficient (Wildman–Crippen LogP) is 4.73. The van der Waals surface area contributed by atoms with Gasteiger partial charge in [0, 0.05) is 16.8 Å². The van der Waals surface area contributed by atoms with E-state index >= 15 is 0 Å². The first-order chi connectivity index (χ1) is 17.7. The summed E-state index contributed by atoms with van der Waals surface area (Å²) in [6.07, 6.45) is 4.31. The maximum Gasteiger partial charge on any atom is 0.293 e. The van der Waals surface area contributed by atoms with Gasteiger partial charge in [0.05, 0.1) is 6.04 Å². The van der Waals surface area contributed by atoms with Crippen LogP contribution in [0.15, 0.2) is 108 Å². The fourth-order valence-electron chi connectivity index (χ4n) is 5.11. The Morgan fingerprint density at radius 2 is 1.56 bits per heavy atom. The number of benzene rings is 3. The van der Waals surface area contributed by atoms with E-state index < -0.39 is 5.60 Å². The Kier molecular flexibility index (Phi) is 6.96. The van der Waals surface area contributed by atoms with Gasteiger partial charge in [0.1, 0.15) is 24.9 Å². The fourth-order valence-corrected chi connectivity index (χ4v) is 5.11. The lowest BCUT2D eigenvalue weighted by Crippen LogP contribution is -2.48. The maximum atomic E-state index is 11.1. The summed E-state index contributed by atoms with van der Waals surface area (Å²) < 4.78 is 16.9. The zero-order valence-electron chi connectivity index (χ0n) is 19.7. The summed E-state index contributed by atoms with van der Waals surface area (Å²) in [6.45, 7) is 0.984. The molecule has 36 heavy (non-hydrogen) atoms. The maximum absolute atomic E-state index is 11.1. The number of carbonyl (C=O) groups excluding carboxylic acids is 2. The number of para-hydroxylation sites is 1. The van der Waals surface area contributed by atoms with E-state index in [1.54, 1.807) is 0 Å². The average Bonchev–Trinajstić information content (AvgIpc) is 3.50. The zero-order chi connectivity index (χ0) is 24.8. The standard InChI is InChI=1S/C30H27NO5/c32-20-34-18-26-27(19-35-21-33)30(15-14-28(26)36-30)29(31-25-12-5-2-6-13-25)17-22-8-7-11-24(16-22)23-9-3-1-4-10-23/h1-16,20-21,28-29,31H,17-19H2. The molecule has 6 nitrogen and oxygen atoms in total. The van der Waals surface area contributed by atoms with Crippen LogP contribution in [0.1, 0.15) is 5.56 Å². The van der Waals surface area contributed by atoms with Crippen molar-refractivity contribution in [3.8, 4) is 11.1 Å². The summed E-state index contributed by atoms with van der Waals surface area (Å²) in [5.74, 6) is 0. The summed E-state index contributed by atoms with van der Waals surface area (Å²) in [5.41, 5.74) is 5.11. The first kappa shape index (κ1) is 23.6. The third kappa shape index (κ3) is 4.68. The van der Waals surface area contributed by atoms with Crippen LogP contribution in [0.5, 0.6) is 0 Å². The number of hydrogen-bond acceptors (Lipinski definition) is 6. The van der Waals surface area contributed by atoms with Crippen LogP contribution in [-0.4, -0.2) is 43.9 Å². The lowest BCUT2D eigenvalue weighted by Gasteiger charge is -2.37. The van der Waals surface area contributed by atoms with E-state index in [-0.39, 0.29) is 25.4 Å². The van der Waals surface area contributed by atoms with Crippen LogP contribution < -0.4 is 5.32 Å². The Labute approximate surface area is 210 Å². The molecule has 0 aliphatic carbocycles. The van der Waals surface area contributed by atoms with Crippen LogP contribution >= 0.6 is 0 Å². The molecule has 2 aliphatic rings. The molecule has 0 saturated carbocycles. The molecule has 6 heteroatoms. The van der Waals surface area contributed by atoms with Crippen molar-refractivity contribution in [1.29, 1.82) is 0 Å². The SMILES string of the molecule is O=COCC1=C(COC=O)C2(C(Cc3cccc(-c4ccccc4)c3)Nc3ccccc3)C=CC1O2. The van der Waals surface area contributed by atoms with Gasteiger partial charge in [-0.15, -0.1) is 0 Å². The summed E-state index contributed by atoms with van der Waals surface area (Å²) in [5, 5.41) is 3.67. The summed E-state index contributed by atoms with van der Waals surface area (Å²) in [4.78, 5) is 22.0. The van der Waals surface area contributed by atoms with Crippen LogP contribution in [0.3, 0.4) is 0 Å². The molecule has 2 bridgehead atoms. The number of anilines is 1. The molecule has 0 amide bonds. The molecular formula is C30H27NO5. The molecule has 2 heterocycles. The van der Waals surface area contributed by atoms with Crippen LogP contribution in [-0.2, 0) is 30.2 Å². The highest BCUT2D eigenvalue weighted by atomic mass is 16.5. The minimum absolute atomic E-state index is 0.0545. The van der Waals surface area contributed by atoms with Crippen LogP contribution in [0, 0.1) is 0 Å². The molecule has 3 unspecified atom stereocenters. The number of nitrogens with one attached hydrogen (secondary N) is 1. The van der Waals surface area contributed by atoms with Crippen molar-refractivity contribution in [2.75, 3.05) is 18.5 Å². The third-order valence-electron chi connectivity index (χ3n) is 6.75. The Hall–Kier alpha value is -4.16. The number of rotatable bonds is 12. The van der Waals surface area contributed by atoms with Gasteiger partial charge >= 0.3 is 0 Å². The second kappa shape index (κ2) is 10.6. The molecule has 0 aromatic heterocycles. The number of fused-ring (bicyclic) bond motifs is 2. The molecule has 3 aromatic rings. The van der Waals surface area contributed by atoms with Crippen molar-refractivity contribution in [2.24, 2.45) is 0 Å². The highest BCUT2D eigenvalue weighted by Crippen LogP contribution is 2.47. The van der Waals surface area contributed by atoms with Crippen molar-refractivity contribution in [3.05, 3.63) is 114 Å². The second-order valence-corrected chi connectivity index (χ2v) is 8.84. The first-order valence-corrected chi connectivity index (χ1v) is 11.9. The van der Waals surface area contributed by atoms with Gasteiger partial charge < -0.3 is 19.5 Å². The molecule has 3 aromatic carbocycles. The molecule has 182 valence electrons. The summed E-state index contributed by atoms with van der Waals surface area (Å²) >= 11 is 0. The van der Waals surface area contributed by atoms with Gasteiger partial charge in [-0.1, -0.05) is 78.9 Å². The minimum atomic E-state index is -0.867. The van der Waals surface area contributed by atoms with E-state index in [0.29, 0.717) is 19.4 Å². The van der Waals surface area contributed by atoms with Crippen molar-refractivity contribution in [2.45, 2.75) is 24.2 Å². The first-order valence-electron chi connectivity index (χ1n) is 11.9. The highest BCUT2D eigenvalue weighted by molar-refractivity contribution is 5.64. The van der Waals surface area contributed by atoms with E-state index in [1.165, 1.54) is 0 Å². The molecule has 1 N–H and O–H groups in total. The zero-order valence-corrected chi connectivity index (χ0v) is 19.7. The summed E-state index contributed by atoms with van der Waals surface area (Å²) in [6, 6.07) is 28.4. The number of ether oxygens (including phenoxy) is 3. The minimum Gasteiger partial charge on any atom is -0.463 e. The molecular weight excluding hydrogens is 454 g/mol. The van der Waals surface area contributed by atoms with Crippen molar-refractivity contribution < 1.29 is 23.8 Å². The molecule has 0 spiro atoms. The molecule has 0 fully saturated rings. The monoisotopic (exact) mass is 481 g/mol. The summed E-state index contributed by atoms with van der Waals surface area (Å²) in [7, 11) is 0. The molecule has 5 rings (SSSR count). The van der Waals surface area contributed by atoms with Gasteiger partial charge in [-0.3, -0.25) is 9.59 Å². The lowest BCUT2D eigenvalue weighted by atomic mass is 9.79. The average molecular weight is 482 g/mol. The Bertz CT molecular complexity index is 1270. The van der Waals surface area contributed by atoms with E-state index in [2.05, 4.69) is 41.7 Å². The van der Waals surface area contributed by atoms with Crippen LogP contribution in [0.2, 0.25) is 0 Å². The molecule has 3 atom stereocenters. The quantitative estimate of drug-likeness (QED) is 0.298. The number of carbonyl (C=O) groups is 2. The van der Waals surface area contributed by atoms with Crippen LogP contribution in [0.25, 0.3) is 11.1 Å². The Balaban J connectivity index is 1.53. The van der Waals surface area contributed by atoms with E-state index in [1.807, 2.05) is 60.7 Å². The van der Waals surface area contributed by atoms with Gasteiger partial charge in [0.25, 0.3) is 12.9 Å². The Morgan fingerprint density at radius 3 is 2.31 bits per heavy atom. The fraction of sp³-hybridized carbons (Fsp3) is 0.200. The van der Waals surface area contributed by atoms with E-state index in [0.717, 1.165) is 33.5 Å². The predicted molar refractivity (Wildman–Crippen MR) is 137 cm³/mol. The lowest BCUT2D eigenvalue weighted by molar-refractivity contribution is -0.129. The number of hydrogen-bond donors (Lipinski definition) is 1. The smallest absolute Gasteiger partial charge is 0.293 e. The van der Waals surface area contributed by atoms with Crippen molar-refractivity contribution in [1.82, 2.24) is 0 Å². The normalized spacial score (nSPS) is 20.7. The van der Waals surface area contributed by atoms with Gasteiger partial charge in [-0.25, -0.2) is 0 Å². The van der Waals surface area contributed by atoms with Crippen molar-refractivity contribution >= 4 is 18.6 Å². The Morgan fingerprint density at radius 1 is 0.861 bits per heavy atom. The van der Waals surface area contributed by atoms with Gasteiger partial charge in [0.2, 0.25) is 0 Å². The van der Waals surface area contributed by atoms with Gasteiger partial charge in [0.15, 0.2) is 0 Å². The van der Waals surface area contributed by atoms with E-state index in [9.17, 15) is 9.59 Å². The molecule has 2 aliphatic heterocycles.